The van der Waals surface area contributed by atoms with Crippen LogP contribution in [0, 0.1) is 41.7 Å². The van der Waals surface area contributed by atoms with Crippen LogP contribution in [0.4, 0.5) is 24.2 Å². The summed E-state index contributed by atoms with van der Waals surface area (Å²) in [5, 5.41) is 3.77. The fraction of sp³-hybridized carbons (Fsp3) is 0.538. The lowest BCUT2D eigenvalue weighted by atomic mass is 9.83. The molecule has 7 aliphatic heterocycles. The van der Waals surface area contributed by atoms with Gasteiger partial charge in [-0.3, -0.25) is 43.7 Å². The SMILES string of the molecule is C#Cc1c(F)ccc2cccc(-c3ncc4c(N5CC6CCC(C5)N6C(=O)OC(C)(C)C)nc(OC5[C@H]6CCCN5[C@@H](COC(=O)N5CCC(CC7CCN(Cc8cccc9c8n(C)c(=O)n9C8CCC(=O)NC8=O)CC7)CC5)CC6)nc4c3F)c12. The second-order valence-corrected chi connectivity index (χ2v) is 26.0. The van der Waals surface area contributed by atoms with Gasteiger partial charge in [0.25, 0.3) is 0 Å². The van der Waals surface area contributed by atoms with Crippen LogP contribution in [0.25, 0.3) is 44.0 Å². The monoisotopic (exact) mass is 1180 g/mol. The van der Waals surface area contributed by atoms with Gasteiger partial charge in [0.2, 0.25) is 11.8 Å². The second kappa shape index (κ2) is 23.2. The highest BCUT2D eigenvalue weighted by atomic mass is 19.1. The van der Waals surface area contributed by atoms with Crippen LogP contribution < -0.4 is 20.6 Å². The summed E-state index contributed by atoms with van der Waals surface area (Å²) in [6.45, 7) is 11.2. The van der Waals surface area contributed by atoms with E-state index < -0.39 is 35.4 Å². The molecular weight excluding hydrogens is 1100 g/mol. The number of fused-ring (bicyclic) bond motifs is 7. The highest BCUT2D eigenvalue weighted by Crippen LogP contribution is 2.42. The van der Waals surface area contributed by atoms with Gasteiger partial charge in [-0.1, -0.05) is 42.3 Å². The molecule has 3 aromatic carbocycles. The van der Waals surface area contributed by atoms with Crippen LogP contribution >= 0.6 is 0 Å². The molecule has 13 rings (SSSR count). The maximum atomic E-state index is 17.6. The summed E-state index contributed by atoms with van der Waals surface area (Å²) < 4.78 is 55.0. The average molecular weight is 1180 g/mol. The predicted octanol–water partition coefficient (Wildman–Crippen LogP) is 9.05. The Morgan fingerprint density at radius 1 is 0.837 bits per heavy atom. The van der Waals surface area contributed by atoms with E-state index in [4.69, 9.17) is 30.6 Å². The number of likely N-dealkylation sites (tertiary alicyclic amines) is 2. The molecule has 1 N–H and O–H groups in total. The van der Waals surface area contributed by atoms with Crippen molar-refractivity contribution in [2.75, 3.05) is 57.3 Å². The number of nitrogens with zero attached hydrogens (tertiary/aromatic N) is 10. The van der Waals surface area contributed by atoms with E-state index in [1.165, 1.54) is 6.07 Å². The van der Waals surface area contributed by atoms with Gasteiger partial charge in [-0.25, -0.2) is 23.2 Å². The highest BCUT2D eigenvalue weighted by Gasteiger charge is 2.47. The third-order valence-corrected chi connectivity index (χ3v) is 19.5. The van der Waals surface area contributed by atoms with Crippen LogP contribution in [0.15, 0.2) is 59.5 Å². The number of imidazole rings is 1. The maximum Gasteiger partial charge on any atom is 0.410 e. The van der Waals surface area contributed by atoms with Gasteiger partial charge in [-0.15, -0.1) is 6.42 Å². The maximum absolute atomic E-state index is 17.6. The molecule has 452 valence electrons. The topological polar surface area (TPSA) is 190 Å². The number of hydrogen-bond acceptors (Lipinski definition) is 14. The third kappa shape index (κ3) is 10.9. The van der Waals surface area contributed by atoms with E-state index in [1.807, 2.05) is 42.7 Å². The standard InChI is InChI=1S/C65H75F2N11O8/c1-6-46-49(66)20-16-40-10-7-13-47(53(40)46)55-54(67)56-48(33-68-55)58(75-35-43-18-19-44(36-75)77(43)64(83)86-65(2,3)4)71-61(70-56)85-60-41-12-9-27-76(60)45(17-15-41)37-84-63(82)74-30-25-39(26-31-74)32-38-23-28-73(29-24-38)34-42-11-8-14-50-57(42)72(5)62(81)78(50)51-21-22-52(79)69-59(51)80/h1,7-8,10-11,13-14,16,20,33,38-39,41,43-45,51,60H,9,12,15,17-19,21-32,34-37H2,2-5H3,(H,69,79,80)/t41-,43?,44?,45+,51?,60?/m0/s1. The molecule has 7 saturated heterocycles. The van der Waals surface area contributed by atoms with Crippen molar-refractivity contribution in [2.24, 2.45) is 24.8 Å². The number of hydrogen-bond donors (Lipinski definition) is 1. The Morgan fingerprint density at radius 3 is 2.31 bits per heavy atom. The van der Waals surface area contributed by atoms with Crippen molar-refractivity contribution in [3.05, 3.63) is 88.0 Å². The molecule has 10 heterocycles. The van der Waals surface area contributed by atoms with Crippen LogP contribution in [-0.2, 0) is 32.7 Å². The summed E-state index contributed by atoms with van der Waals surface area (Å²) in [6, 6.07) is 12.8. The molecule has 7 atom stereocenters. The molecule has 0 saturated carbocycles. The Hall–Kier alpha value is -7.70. The number of pyridine rings is 1. The number of halogens is 2. The molecule has 6 aromatic rings. The molecule has 19 nitrogen and oxygen atoms in total. The Morgan fingerprint density at radius 2 is 1.58 bits per heavy atom. The van der Waals surface area contributed by atoms with Crippen LogP contribution in [0.2, 0.25) is 0 Å². The number of imide groups is 1. The molecule has 0 radical (unpaired) electrons. The Bertz CT molecular complexity index is 3750. The lowest BCUT2D eigenvalue weighted by molar-refractivity contribution is -0.135. The first-order valence-corrected chi connectivity index (χ1v) is 30.9. The van der Waals surface area contributed by atoms with Crippen molar-refractivity contribution in [3.8, 4) is 29.6 Å². The number of benzene rings is 3. The van der Waals surface area contributed by atoms with Gasteiger partial charge in [-0.2, -0.15) is 9.97 Å². The quantitative estimate of drug-likeness (QED) is 0.0955. The van der Waals surface area contributed by atoms with E-state index in [0.717, 1.165) is 94.8 Å². The van der Waals surface area contributed by atoms with Gasteiger partial charge in [-0.05, 0) is 146 Å². The minimum absolute atomic E-state index is 0.00449. The number of rotatable bonds is 11. The summed E-state index contributed by atoms with van der Waals surface area (Å²) >= 11 is 0. The number of aromatic nitrogens is 5. The molecule has 7 aliphatic rings. The van der Waals surface area contributed by atoms with Gasteiger partial charge in [0.1, 0.15) is 41.1 Å². The van der Waals surface area contributed by atoms with Crippen LogP contribution in [0.5, 0.6) is 6.01 Å². The zero-order chi connectivity index (χ0) is 59.7. The average Bonchev–Trinajstić information content (AvgIpc) is 1.54. The molecule has 7 fully saturated rings. The molecule has 3 aromatic heterocycles. The van der Waals surface area contributed by atoms with E-state index >= 15 is 8.78 Å². The number of piperidine rings is 5. The minimum Gasteiger partial charge on any atom is -0.448 e. The molecule has 21 heteroatoms. The summed E-state index contributed by atoms with van der Waals surface area (Å²) in [5.41, 5.74) is 1.92. The highest BCUT2D eigenvalue weighted by molar-refractivity contribution is 6.02. The van der Waals surface area contributed by atoms with E-state index in [1.54, 1.807) is 46.6 Å². The summed E-state index contributed by atoms with van der Waals surface area (Å²) in [7, 11) is 1.75. The third-order valence-electron chi connectivity index (χ3n) is 19.5. The molecule has 5 unspecified atom stereocenters. The number of nitrogens with one attached hydrogen (secondary N) is 1. The number of aryl methyl sites for hydroxylation is 1. The van der Waals surface area contributed by atoms with Crippen molar-refractivity contribution in [2.45, 2.75) is 147 Å². The minimum atomic E-state index is -0.731. The number of piperazine rings is 1. The summed E-state index contributed by atoms with van der Waals surface area (Å²) in [4.78, 5) is 90.7. The Kier molecular flexibility index (Phi) is 15.5. The molecule has 4 amide bonds. The largest absolute Gasteiger partial charge is 0.448 e. The van der Waals surface area contributed by atoms with Gasteiger partial charge in [0, 0.05) is 81.8 Å². The zero-order valence-electron chi connectivity index (χ0n) is 49.4. The van der Waals surface area contributed by atoms with Gasteiger partial charge >= 0.3 is 23.9 Å². The van der Waals surface area contributed by atoms with Crippen LogP contribution in [0.3, 0.4) is 0 Å². The van der Waals surface area contributed by atoms with Crippen molar-refractivity contribution in [1.29, 1.82) is 0 Å². The normalized spacial score (nSPS) is 25.0. The molecule has 0 spiro atoms. The summed E-state index contributed by atoms with van der Waals surface area (Å²) in [6.07, 6.45) is 16.9. The Balaban J connectivity index is 0.660. The van der Waals surface area contributed by atoms with Gasteiger partial charge in [0.05, 0.1) is 34.1 Å². The molecular formula is C65H75F2N11O8. The first-order chi connectivity index (χ1) is 41.5. The van der Waals surface area contributed by atoms with Crippen LogP contribution in [-0.4, -0.2) is 150 Å². The van der Waals surface area contributed by atoms with Crippen molar-refractivity contribution < 1.29 is 42.2 Å². The predicted molar refractivity (Wildman–Crippen MR) is 319 cm³/mol. The number of para-hydroxylation sites is 1. The van der Waals surface area contributed by atoms with Gasteiger partial charge in [0.15, 0.2) is 12.0 Å². The number of ether oxygens (including phenoxy) is 3. The van der Waals surface area contributed by atoms with E-state index in [9.17, 15) is 24.0 Å². The van der Waals surface area contributed by atoms with Gasteiger partial charge < -0.3 is 24.0 Å². The zero-order valence-corrected chi connectivity index (χ0v) is 49.4. The lowest BCUT2D eigenvalue weighted by Crippen LogP contribution is -2.58. The summed E-state index contributed by atoms with van der Waals surface area (Å²) in [5.74, 6) is 2.05. The number of carbonyl (C=O) groups excluding carboxylic acids is 4. The smallest absolute Gasteiger partial charge is 0.410 e. The molecule has 0 aliphatic carbocycles. The van der Waals surface area contributed by atoms with E-state index in [0.29, 0.717) is 90.6 Å². The fourth-order valence-electron chi connectivity index (χ4n) is 15.2. The Labute approximate surface area is 498 Å². The lowest BCUT2D eigenvalue weighted by Gasteiger charge is -2.48. The van der Waals surface area contributed by atoms with E-state index in [-0.39, 0.29) is 83.6 Å². The molecule has 86 heavy (non-hydrogen) atoms. The number of carbonyl (C=O) groups is 4. The first-order valence-electron chi connectivity index (χ1n) is 30.9. The fourth-order valence-corrected chi connectivity index (χ4v) is 15.2. The van der Waals surface area contributed by atoms with Crippen molar-refractivity contribution in [1.82, 2.24) is 49.0 Å². The molecule has 4 bridgehead atoms. The van der Waals surface area contributed by atoms with Crippen LogP contribution in [0.1, 0.15) is 121 Å². The number of anilines is 1. The second-order valence-electron chi connectivity index (χ2n) is 26.0. The van der Waals surface area contributed by atoms with Crippen molar-refractivity contribution >= 4 is 62.5 Å². The first kappa shape index (κ1) is 57.4. The van der Waals surface area contributed by atoms with E-state index in [2.05, 4.69) is 37.0 Å². The number of terminal acetylenes is 1. The number of amides is 4. The van der Waals surface area contributed by atoms with Crippen molar-refractivity contribution in [3.63, 3.8) is 0 Å².